The maximum absolute atomic E-state index is 14.0. The zero-order chi connectivity index (χ0) is 17.4. The summed E-state index contributed by atoms with van der Waals surface area (Å²) in [7, 11) is 0. The summed E-state index contributed by atoms with van der Waals surface area (Å²) < 4.78 is 19.7. The molecular formula is C22H27FO. The lowest BCUT2D eigenvalue weighted by Gasteiger charge is -2.09. The molecule has 2 aromatic carbocycles. The van der Waals surface area contributed by atoms with E-state index in [1.807, 2.05) is 42.5 Å². The highest BCUT2D eigenvalue weighted by Crippen LogP contribution is 2.70. The highest BCUT2D eigenvalue weighted by Gasteiger charge is 2.63. The molecule has 0 saturated heterocycles. The Morgan fingerprint density at radius 2 is 1.62 bits per heavy atom. The zero-order valence-electron chi connectivity index (χ0n) is 15.1. The van der Waals surface area contributed by atoms with E-state index in [0.717, 1.165) is 24.3 Å². The third kappa shape index (κ3) is 3.19. The molecule has 0 amide bonds. The van der Waals surface area contributed by atoms with Gasteiger partial charge in [0.05, 0.1) is 0 Å². The van der Waals surface area contributed by atoms with Crippen LogP contribution in [-0.2, 0) is 6.42 Å². The summed E-state index contributed by atoms with van der Waals surface area (Å²) in [5.41, 5.74) is 2.02. The molecule has 0 aromatic heterocycles. The molecule has 1 aliphatic carbocycles. The lowest BCUT2D eigenvalue weighted by molar-refractivity contribution is 0.441. The van der Waals surface area contributed by atoms with Gasteiger partial charge < -0.3 is 4.74 Å². The lowest BCUT2D eigenvalue weighted by Crippen LogP contribution is -1.95. The number of ether oxygens (including phenoxy) is 1. The third-order valence-corrected chi connectivity index (χ3v) is 6.24. The van der Waals surface area contributed by atoms with E-state index in [1.54, 1.807) is 0 Å². The van der Waals surface area contributed by atoms with Crippen LogP contribution in [0.5, 0.6) is 11.5 Å². The minimum Gasteiger partial charge on any atom is -0.454 e. The lowest BCUT2D eigenvalue weighted by atomic mass is 10.0. The molecule has 0 radical (unpaired) electrons. The first kappa shape index (κ1) is 17.0. The van der Waals surface area contributed by atoms with E-state index >= 15 is 0 Å². The van der Waals surface area contributed by atoms with Gasteiger partial charge in [0.2, 0.25) is 0 Å². The van der Waals surface area contributed by atoms with Crippen molar-refractivity contribution in [2.75, 3.05) is 0 Å². The highest BCUT2D eigenvalue weighted by molar-refractivity contribution is 5.35. The predicted molar refractivity (Wildman–Crippen MR) is 96.9 cm³/mol. The fourth-order valence-electron chi connectivity index (χ4n) is 3.96. The van der Waals surface area contributed by atoms with Crippen molar-refractivity contribution < 1.29 is 9.13 Å². The largest absolute Gasteiger partial charge is 0.454 e. The molecule has 2 aromatic rings. The summed E-state index contributed by atoms with van der Waals surface area (Å²) >= 11 is 0. The summed E-state index contributed by atoms with van der Waals surface area (Å²) in [4.78, 5) is 0. The van der Waals surface area contributed by atoms with Crippen molar-refractivity contribution in [2.24, 2.45) is 16.7 Å². The first-order chi connectivity index (χ1) is 11.3. The maximum Gasteiger partial charge on any atom is 0.165 e. The van der Waals surface area contributed by atoms with Crippen molar-refractivity contribution in [3.05, 3.63) is 59.9 Å². The van der Waals surface area contributed by atoms with Gasteiger partial charge in [-0.05, 0) is 65.8 Å². The van der Waals surface area contributed by atoms with Crippen molar-refractivity contribution in [1.29, 1.82) is 0 Å². The van der Waals surface area contributed by atoms with Gasteiger partial charge >= 0.3 is 0 Å². The summed E-state index contributed by atoms with van der Waals surface area (Å²) in [5.74, 6) is 1.44. The molecule has 0 aliphatic heterocycles. The van der Waals surface area contributed by atoms with Gasteiger partial charge in [0.25, 0.3) is 0 Å². The first-order valence-electron chi connectivity index (χ1n) is 8.84. The van der Waals surface area contributed by atoms with Crippen LogP contribution >= 0.6 is 0 Å². The van der Waals surface area contributed by atoms with Gasteiger partial charge in [-0.25, -0.2) is 4.39 Å². The van der Waals surface area contributed by atoms with E-state index in [4.69, 9.17) is 4.74 Å². The molecule has 0 bridgehead atoms. The van der Waals surface area contributed by atoms with Crippen molar-refractivity contribution in [2.45, 2.75) is 47.0 Å². The molecule has 1 nitrogen and oxygen atoms in total. The van der Waals surface area contributed by atoms with E-state index in [-0.39, 0.29) is 5.82 Å². The second kappa shape index (κ2) is 6.23. The van der Waals surface area contributed by atoms with Gasteiger partial charge in [-0.2, -0.15) is 0 Å². The molecule has 0 spiro atoms. The van der Waals surface area contributed by atoms with Crippen LogP contribution in [0.1, 0.15) is 46.1 Å². The summed E-state index contributed by atoms with van der Waals surface area (Å²) in [6, 6.07) is 14.6. The maximum atomic E-state index is 14.0. The predicted octanol–water partition coefficient (Wildman–Crippen LogP) is 6.62. The summed E-state index contributed by atoms with van der Waals surface area (Å²) in [6.07, 6.45) is 3.33. The Hall–Kier alpha value is -1.83. The van der Waals surface area contributed by atoms with Gasteiger partial charge in [-0.15, -0.1) is 0 Å². The molecule has 24 heavy (non-hydrogen) atoms. The smallest absolute Gasteiger partial charge is 0.165 e. The van der Waals surface area contributed by atoms with Crippen molar-refractivity contribution in [1.82, 2.24) is 0 Å². The number of benzene rings is 2. The number of hydrogen-bond acceptors (Lipinski definition) is 1. The number of aryl methyl sites for hydroxylation is 1. The van der Waals surface area contributed by atoms with Gasteiger partial charge in [-0.1, -0.05) is 52.0 Å². The second-order valence-corrected chi connectivity index (χ2v) is 8.07. The van der Waals surface area contributed by atoms with Crippen LogP contribution in [0.15, 0.2) is 48.5 Å². The van der Waals surface area contributed by atoms with E-state index in [0.29, 0.717) is 22.3 Å². The van der Waals surface area contributed by atoms with Crippen LogP contribution in [0.2, 0.25) is 0 Å². The van der Waals surface area contributed by atoms with Crippen LogP contribution in [-0.4, -0.2) is 0 Å². The standard InChI is InChI=1S/C22H27FO/c1-21(2)20(22(21,3)4)12-8-9-16-13-14-18(23)19(15-16)24-17-10-6-5-7-11-17/h5-7,10-11,13-15,20H,8-9,12H2,1-4H3. The first-order valence-corrected chi connectivity index (χ1v) is 8.84. The van der Waals surface area contributed by atoms with Crippen LogP contribution in [0.3, 0.4) is 0 Å². The second-order valence-electron chi connectivity index (χ2n) is 8.07. The quantitative estimate of drug-likeness (QED) is 0.579. The molecule has 0 atom stereocenters. The Kier molecular flexibility index (Phi) is 4.42. The van der Waals surface area contributed by atoms with Crippen LogP contribution in [0.4, 0.5) is 4.39 Å². The molecule has 1 saturated carbocycles. The van der Waals surface area contributed by atoms with E-state index in [2.05, 4.69) is 27.7 Å². The Morgan fingerprint density at radius 1 is 0.958 bits per heavy atom. The minimum atomic E-state index is -0.313. The normalized spacial score (nSPS) is 18.4. The molecule has 128 valence electrons. The van der Waals surface area contributed by atoms with Crippen LogP contribution in [0, 0.1) is 22.6 Å². The van der Waals surface area contributed by atoms with Gasteiger partial charge in [0.15, 0.2) is 11.6 Å². The third-order valence-electron chi connectivity index (χ3n) is 6.24. The SMILES string of the molecule is CC1(C)C(CCCc2ccc(F)c(Oc3ccccc3)c2)C1(C)C. The molecule has 3 rings (SSSR count). The zero-order valence-corrected chi connectivity index (χ0v) is 15.1. The average molecular weight is 326 g/mol. The Bertz CT molecular complexity index is 689. The van der Waals surface area contributed by atoms with Crippen LogP contribution < -0.4 is 4.74 Å². The molecule has 2 heteroatoms. The van der Waals surface area contributed by atoms with Crippen molar-refractivity contribution in [3.63, 3.8) is 0 Å². The number of rotatable bonds is 6. The molecule has 0 heterocycles. The number of halogens is 1. The monoisotopic (exact) mass is 326 g/mol. The Balaban J connectivity index is 1.60. The van der Waals surface area contributed by atoms with Crippen molar-refractivity contribution >= 4 is 0 Å². The van der Waals surface area contributed by atoms with E-state index in [1.165, 1.54) is 12.5 Å². The van der Waals surface area contributed by atoms with E-state index < -0.39 is 0 Å². The summed E-state index contributed by atoms with van der Waals surface area (Å²) in [5, 5.41) is 0. The van der Waals surface area contributed by atoms with Gasteiger partial charge in [0, 0.05) is 0 Å². The molecule has 1 fully saturated rings. The van der Waals surface area contributed by atoms with Gasteiger partial charge in [0.1, 0.15) is 5.75 Å². The van der Waals surface area contributed by atoms with E-state index in [9.17, 15) is 4.39 Å². The molecular weight excluding hydrogens is 299 g/mol. The van der Waals surface area contributed by atoms with Crippen LogP contribution in [0.25, 0.3) is 0 Å². The fraction of sp³-hybridized carbons (Fsp3) is 0.455. The molecule has 0 unspecified atom stereocenters. The average Bonchev–Trinajstić information content (AvgIpc) is 2.93. The highest BCUT2D eigenvalue weighted by atomic mass is 19.1. The Morgan fingerprint density at radius 3 is 2.25 bits per heavy atom. The topological polar surface area (TPSA) is 9.23 Å². The fourth-order valence-corrected chi connectivity index (χ4v) is 3.96. The number of para-hydroxylation sites is 1. The van der Waals surface area contributed by atoms with Crippen molar-refractivity contribution in [3.8, 4) is 11.5 Å². The minimum absolute atomic E-state index is 0.311. The molecule has 1 aliphatic rings. The van der Waals surface area contributed by atoms with Gasteiger partial charge in [-0.3, -0.25) is 0 Å². The molecule has 0 N–H and O–H groups in total. The number of hydrogen-bond donors (Lipinski definition) is 0. The summed E-state index contributed by atoms with van der Waals surface area (Å²) in [6.45, 7) is 9.45. The Labute approximate surface area is 144 Å².